The molecule has 1 unspecified atom stereocenters. The molecular weight excluding hydrogens is 442 g/mol. The molecule has 1 aromatic carbocycles. The summed E-state index contributed by atoms with van der Waals surface area (Å²) in [6.07, 6.45) is 1.67. The molecule has 0 saturated carbocycles. The van der Waals surface area contributed by atoms with Gasteiger partial charge < -0.3 is 29.8 Å². The maximum absolute atomic E-state index is 12.4. The molecule has 3 rings (SSSR count). The molecule has 0 aliphatic heterocycles. The van der Waals surface area contributed by atoms with Crippen molar-refractivity contribution in [2.75, 3.05) is 19.8 Å². The van der Waals surface area contributed by atoms with Crippen LogP contribution in [0.1, 0.15) is 24.2 Å². The Bertz CT molecular complexity index is 1170. The zero-order valence-corrected chi connectivity index (χ0v) is 18.3. The van der Waals surface area contributed by atoms with Crippen molar-refractivity contribution in [3.05, 3.63) is 57.3 Å². The third-order valence-corrected chi connectivity index (χ3v) is 5.18. The van der Waals surface area contributed by atoms with Crippen LogP contribution in [0.4, 0.5) is 0 Å². The summed E-state index contributed by atoms with van der Waals surface area (Å²) >= 11 is 6.34. The van der Waals surface area contributed by atoms with Gasteiger partial charge >= 0.3 is 11.7 Å². The van der Waals surface area contributed by atoms with Crippen LogP contribution < -0.4 is 16.2 Å². The number of benzene rings is 1. The number of aliphatic hydroxyl groups excluding tert-OH is 2. The Morgan fingerprint density at radius 2 is 2.06 bits per heavy atom. The van der Waals surface area contributed by atoms with Crippen molar-refractivity contribution < 1.29 is 28.9 Å². The van der Waals surface area contributed by atoms with Gasteiger partial charge in [0.15, 0.2) is 5.58 Å². The Labute approximate surface area is 188 Å². The van der Waals surface area contributed by atoms with E-state index in [1.165, 1.54) is 19.1 Å². The number of nitrogens with two attached hydrogens (primary N) is 1. The molecule has 0 radical (unpaired) electrons. The van der Waals surface area contributed by atoms with E-state index in [0.29, 0.717) is 5.75 Å². The molecule has 2 aromatic heterocycles. The summed E-state index contributed by atoms with van der Waals surface area (Å²) in [5.41, 5.74) is 6.42. The van der Waals surface area contributed by atoms with Crippen molar-refractivity contribution >= 4 is 28.7 Å². The van der Waals surface area contributed by atoms with Crippen LogP contribution in [0.3, 0.4) is 0 Å². The number of hydrogen-bond acceptors (Lipinski definition) is 9. The van der Waals surface area contributed by atoms with E-state index >= 15 is 0 Å². The summed E-state index contributed by atoms with van der Waals surface area (Å²) < 4.78 is 17.2. The molecule has 0 bridgehead atoms. The van der Waals surface area contributed by atoms with Crippen LogP contribution in [0, 0.1) is 6.92 Å². The number of aliphatic hydroxyl groups is 2. The molecule has 2 heterocycles. The number of carbonyl (C=O) groups is 1. The molecule has 32 heavy (non-hydrogen) atoms. The quantitative estimate of drug-likeness (QED) is 0.397. The lowest BCUT2D eigenvalue weighted by molar-refractivity contribution is -0.150. The van der Waals surface area contributed by atoms with E-state index in [0.717, 1.165) is 15.8 Å². The van der Waals surface area contributed by atoms with E-state index in [-0.39, 0.29) is 22.7 Å². The fraction of sp³-hybridized carbons (Fsp3) is 0.381. The standard InChI is InChI=1S/C21H24ClN3O7/c1-12-5-14(3-4-24-12)8-30-17-7-18-16(6-15(17)22)25(20(29)32-18)13(2)19(28)31-11-21(23,9-26)10-27/h3-7,13,26-27H,8-11,23H2,1-2H3. The minimum Gasteiger partial charge on any atom is -0.487 e. The summed E-state index contributed by atoms with van der Waals surface area (Å²) in [7, 11) is 0. The van der Waals surface area contributed by atoms with Gasteiger partial charge in [0.2, 0.25) is 0 Å². The van der Waals surface area contributed by atoms with Crippen molar-refractivity contribution in [3.8, 4) is 5.75 Å². The molecule has 0 aliphatic rings. The van der Waals surface area contributed by atoms with Crippen molar-refractivity contribution in [1.29, 1.82) is 0 Å². The van der Waals surface area contributed by atoms with Crippen LogP contribution in [0.25, 0.3) is 11.1 Å². The number of carbonyl (C=O) groups excluding carboxylic acids is 1. The molecule has 0 amide bonds. The van der Waals surface area contributed by atoms with E-state index in [1.54, 1.807) is 6.20 Å². The number of ether oxygens (including phenoxy) is 2. The summed E-state index contributed by atoms with van der Waals surface area (Å²) in [6.45, 7) is 1.94. The Balaban J connectivity index is 1.81. The molecule has 11 heteroatoms. The van der Waals surface area contributed by atoms with Gasteiger partial charge in [-0.2, -0.15) is 0 Å². The first-order valence-corrected chi connectivity index (χ1v) is 10.1. The monoisotopic (exact) mass is 465 g/mol. The van der Waals surface area contributed by atoms with Gasteiger partial charge in [0.25, 0.3) is 0 Å². The van der Waals surface area contributed by atoms with Crippen molar-refractivity contribution in [2.45, 2.75) is 32.0 Å². The summed E-state index contributed by atoms with van der Waals surface area (Å²) in [4.78, 5) is 29.0. The zero-order chi connectivity index (χ0) is 23.5. The lowest BCUT2D eigenvalue weighted by atomic mass is 10.1. The molecule has 1 atom stereocenters. The third-order valence-electron chi connectivity index (χ3n) is 4.88. The topological polar surface area (TPSA) is 150 Å². The molecule has 0 fully saturated rings. The SMILES string of the molecule is Cc1cc(COc2cc3oc(=O)n(C(C)C(=O)OCC(N)(CO)CO)c3cc2Cl)ccn1. The molecule has 172 valence electrons. The highest BCUT2D eigenvalue weighted by Crippen LogP contribution is 2.31. The molecule has 0 spiro atoms. The Hall–Kier alpha value is -2.92. The number of oxazole rings is 1. The van der Waals surface area contributed by atoms with Crippen LogP contribution in [0.15, 0.2) is 39.7 Å². The van der Waals surface area contributed by atoms with Gasteiger partial charge in [-0.3, -0.25) is 9.55 Å². The summed E-state index contributed by atoms with van der Waals surface area (Å²) in [5.74, 6) is -1.27. The van der Waals surface area contributed by atoms with E-state index in [2.05, 4.69) is 4.98 Å². The first-order chi connectivity index (χ1) is 15.2. The number of esters is 1. The molecule has 0 aliphatic carbocycles. The minimum atomic E-state index is -1.48. The number of aromatic nitrogens is 2. The number of nitrogens with zero attached hydrogens (tertiary/aromatic N) is 2. The Morgan fingerprint density at radius 1 is 1.34 bits per heavy atom. The zero-order valence-electron chi connectivity index (χ0n) is 17.6. The van der Waals surface area contributed by atoms with Crippen molar-refractivity contribution in [2.24, 2.45) is 5.73 Å². The largest absolute Gasteiger partial charge is 0.487 e. The average molecular weight is 466 g/mol. The first-order valence-electron chi connectivity index (χ1n) is 9.73. The highest BCUT2D eigenvalue weighted by Gasteiger charge is 2.29. The van der Waals surface area contributed by atoms with Gasteiger partial charge in [-0.05, 0) is 37.6 Å². The smallest absolute Gasteiger partial charge is 0.420 e. The van der Waals surface area contributed by atoms with Crippen LogP contribution in [0.2, 0.25) is 5.02 Å². The van der Waals surface area contributed by atoms with Gasteiger partial charge in [0.05, 0.1) is 29.3 Å². The van der Waals surface area contributed by atoms with Crippen LogP contribution >= 0.6 is 11.6 Å². The first kappa shape index (κ1) is 23.7. The number of rotatable bonds is 9. The summed E-state index contributed by atoms with van der Waals surface area (Å²) in [6, 6.07) is 5.55. The molecule has 0 saturated heterocycles. The van der Waals surface area contributed by atoms with Gasteiger partial charge in [0.1, 0.15) is 25.0 Å². The van der Waals surface area contributed by atoms with E-state index in [4.69, 9.17) is 31.2 Å². The second-order valence-electron chi connectivity index (χ2n) is 7.54. The Kier molecular flexibility index (Phi) is 7.19. The normalized spacial score (nSPS) is 12.7. The molecular formula is C21H24ClN3O7. The lowest BCUT2D eigenvalue weighted by Crippen LogP contribution is -2.52. The minimum absolute atomic E-state index is 0.179. The molecule has 4 N–H and O–H groups in total. The predicted octanol–water partition coefficient (Wildman–Crippen LogP) is 1.32. The highest BCUT2D eigenvalue weighted by molar-refractivity contribution is 6.32. The van der Waals surface area contributed by atoms with Crippen LogP contribution in [0.5, 0.6) is 5.75 Å². The van der Waals surface area contributed by atoms with Gasteiger partial charge in [-0.1, -0.05) is 11.6 Å². The molecule has 10 nitrogen and oxygen atoms in total. The fourth-order valence-corrected chi connectivity index (χ4v) is 3.16. The number of hydrogen-bond donors (Lipinski definition) is 3. The highest BCUT2D eigenvalue weighted by atomic mass is 35.5. The van der Waals surface area contributed by atoms with Crippen molar-refractivity contribution in [3.63, 3.8) is 0 Å². The second kappa shape index (κ2) is 9.70. The fourth-order valence-electron chi connectivity index (χ4n) is 2.95. The van der Waals surface area contributed by atoms with Crippen LogP contribution in [-0.2, 0) is 16.1 Å². The third kappa shape index (κ3) is 5.10. The second-order valence-corrected chi connectivity index (χ2v) is 7.95. The van der Waals surface area contributed by atoms with E-state index < -0.39 is 43.1 Å². The molecule has 3 aromatic rings. The van der Waals surface area contributed by atoms with Gasteiger partial charge in [-0.15, -0.1) is 0 Å². The maximum atomic E-state index is 12.4. The van der Waals surface area contributed by atoms with Gasteiger partial charge in [-0.25, -0.2) is 9.59 Å². The summed E-state index contributed by atoms with van der Waals surface area (Å²) in [5, 5.41) is 18.7. The number of pyridine rings is 1. The number of aryl methyl sites for hydroxylation is 1. The Morgan fingerprint density at radius 3 is 2.72 bits per heavy atom. The van der Waals surface area contributed by atoms with E-state index in [9.17, 15) is 19.8 Å². The maximum Gasteiger partial charge on any atom is 0.420 e. The predicted molar refractivity (Wildman–Crippen MR) is 116 cm³/mol. The lowest BCUT2D eigenvalue weighted by Gasteiger charge is -2.24. The van der Waals surface area contributed by atoms with Crippen LogP contribution in [-0.4, -0.2) is 51.1 Å². The number of fused-ring (bicyclic) bond motifs is 1. The average Bonchev–Trinajstić information content (AvgIpc) is 3.09. The van der Waals surface area contributed by atoms with E-state index in [1.807, 2.05) is 19.1 Å². The van der Waals surface area contributed by atoms with Crippen molar-refractivity contribution in [1.82, 2.24) is 9.55 Å². The van der Waals surface area contributed by atoms with Gasteiger partial charge in [0, 0.05) is 18.0 Å². The number of halogens is 1.